The maximum Gasteiger partial charge on any atom is 0.295 e. The van der Waals surface area contributed by atoms with Crippen molar-refractivity contribution in [3.8, 4) is 5.75 Å². The standard InChI is InChI=1S/C25H27FN2O5/c1-32-20-8-6-17(7-9-20)23(29)21-22(18-4-2-5-19(26)16-18)28(25(31)24(21)30)11-3-10-27-12-14-33-15-13-27/h2,4-9,16,22,29H,3,10-15H2,1H3/b23-21+/t22-/m1/s1. The summed E-state index contributed by atoms with van der Waals surface area (Å²) in [5.41, 5.74) is 0.779. The highest BCUT2D eigenvalue weighted by molar-refractivity contribution is 6.46. The first kappa shape index (κ1) is 22.9. The van der Waals surface area contributed by atoms with Gasteiger partial charge in [-0.1, -0.05) is 12.1 Å². The number of Topliss-reactive ketones (excluding diaryl/α,β-unsaturated/α-hetero) is 1. The first-order valence-corrected chi connectivity index (χ1v) is 11.0. The summed E-state index contributed by atoms with van der Waals surface area (Å²) in [6, 6.07) is 11.5. The Kier molecular flexibility index (Phi) is 7.05. The van der Waals surface area contributed by atoms with E-state index in [9.17, 15) is 19.1 Å². The predicted molar refractivity (Wildman–Crippen MR) is 120 cm³/mol. The molecule has 1 amide bonds. The molecule has 8 heteroatoms. The van der Waals surface area contributed by atoms with Crippen LogP contribution in [0.3, 0.4) is 0 Å². The predicted octanol–water partition coefficient (Wildman–Crippen LogP) is 2.98. The number of carbonyl (C=O) groups excluding carboxylic acids is 2. The zero-order chi connectivity index (χ0) is 23.4. The number of benzene rings is 2. The highest BCUT2D eigenvalue weighted by atomic mass is 19.1. The zero-order valence-corrected chi connectivity index (χ0v) is 18.5. The lowest BCUT2D eigenvalue weighted by Crippen LogP contribution is -2.39. The minimum Gasteiger partial charge on any atom is -0.507 e. The van der Waals surface area contributed by atoms with E-state index in [0.29, 0.717) is 43.1 Å². The largest absolute Gasteiger partial charge is 0.507 e. The van der Waals surface area contributed by atoms with Crippen LogP contribution in [0.2, 0.25) is 0 Å². The van der Waals surface area contributed by atoms with E-state index in [2.05, 4.69) is 4.90 Å². The maximum absolute atomic E-state index is 14.1. The number of aliphatic hydroxyl groups excluding tert-OH is 1. The van der Waals surface area contributed by atoms with E-state index in [1.54, 1.807) is 30.3 Å². The fourth-order valence-corrected chi connectivity index (χ4v) is 4.33. The molecular formula is C25H27FN2O5. The number of nitrogens with zero attached hydrogens (tertiary/aromatic N) is 2. The Bertz CT molecular complexity index is 1050. The van der Waals surface area contributed by atoms with Crippen molar-refractivity contribution < 1.29 is 28.6 Å². The van der Waals surface area contributed by atoms with Crippen molar-refractivity contribution in [2.24, 2.45) is 0 Å². The zero-order valence-electron chi connectivity index (χ0n) is 18.5. The number of hydrogen-bond acceptors (Lipinski definition) is 6. The average Bonchev–Trinajstić information content (AvgIpc) is 3.09. The van der Waals surface area contributed by atoms with E-state index in [0.717, 1.165) is 19.6 Å². The Morgan fingerprint density at radius 3 is 2.52 bits per heavy atom. The minimum absolute atomic E-state index is 0.0397. The highest BCUT2D eigenvalue weighted by Gasteiger charge is 2.45. The number of methoxy groups -OCH3 is 1. The van der Waals surface area contributed by atoms with Gasteiger partial charge in [0, 0.05) is 31.7 Å². The smallest absolute Gasteiger partial charge is 0.295 e. The topological polar surface area (TPSA) is 79.3 Å². The number of amides is 1. The molecule has 1 atom stereocenters. The van der Waals surface area contributed by atoms with Crippen molar-refractivity contribution >= 4 is 17.4 Å². The van der Waals surface area contributed by atoms with E-state index in [4.69, 9.17) is 9.47 Å². The van der Waals surface area contributed by atoms with Crippen molar-refractivity contribution in [2.75, 3.05) is 46.5 Å². The van der Waals surface area contributed by atoms with Crippen LogP contribution in [0.5, 0.6) is 5.75 Å². The molecule has 2 aliphatic rings. The van der Waals surface area contributed by atoms with Crippen LogP contribution in [0, 0.1) is 5.82 Å². The van der Waals surface area contributed by atoms with Gasteiger partial charge in [-0.15, -0.1) is 0 Å². The molecule has 0 unspecified atom stereocenters. The lowest BCUT2D eigenvalue weighted by Gasteiger charge is -2.29. The van der Waals surface area contributed by atoms with Crippen molar-refractivity contribution in [3.63, 3.8) is 0 Å². The quantitative estimate of drug-likeness (QED) is 0.394. The minimum atomic E-state index is -0.868. The monoisotopic (exact) mass is 454 g/mol. The number of likely N-dealkylation sites (tertiary alicyclic amines) is 1. The van der Waals surface area contributed by atoms with Gasteiger partial charge in [0.1, 0.15) is 17.3 Å². The third-order valence-electron chi connectivity index (χ3n) is 6.04. The van der Waals surface area contributed by atoms with E-state index in [-0.39, 0.29) is 11.3 Å². The molecule has 174 valence electrons. The second kappa shape index (κ2) is 10.1. The highest BCUT2D eigenvalue weighted by Crippen LogP contribution is 2.39. The molecule has 2 aromatic rings. The van der Waals surface area contributed by atoms with E-state index in [1.165, 1.54) is 30.2 Å². The first-order chi connectivity index (χ1) is 16.0. The Balaban J connectivity index is 1.66. The lowest BCUT2D eigenvalue weighted by atomic mass is 9.95. The molecular weight excluding hydrogens is 427 g/mol. The molecule has 7 nitrogen and oxygen atoms in total. The van der Waals surface area contributed by atoms with Gasteiger partial charge in [-0.3, -0.25) is 14.5 Å². The number of carbonyl (C=O) groups is 2. The van der Waals surface area contributed by atoms with Crippen LogP contribution in [0.4, 0.5) is 4.39 Å². The summed E-state index contributed by atoms with van der Waals surface area (Å²) in [7, 11) is 1.53. The summed E-state index contributed by atoms with van der Waals surface area (Å²) >= 11 is 0. The van der Waals surface area contributed by atoms with Crippen molar-refractivity contribution in [3.05, 3.63) is 71.0 Å². The molecule has 2 aliphatic heterocycles. The van der Waals surface area contributed by atoms with Gasteiger partial charge >= 0.3 is 0 Å². The van der Waals surface area contributed by atoms with Crippen LogP contribution in [-0.2, 0) is 14.3 Å². The summed E-state index contributed by atoms with van der Waals surface area (Å²) in [4.78, 5) is 29.7. The van der Waals surface area contributed by atoms with Gasteiger partial charge in [0.15, 0.2) is 0 Å². The molecule has 0 spiro atoms. The molecule has 0 saturated carbocycles. The number of ether oxygens (including phenoxy) is 2. The van der Waals surface area contributed by atoms with Gasteiger partial charge in [-0.25, -0.2) is 4.39 Å². The van der Waals surface area contributed by atoms with Gasteiger partial charge in [0.05, 0.1) is 31.9 Å². The van der Waals surface area contributed by atoms with Crippen LogP contribution < -0.4 is 4.74 Å². The Morgan fingerprint density at radius 2 is 1.85 bits per heavy atom. The van der Waals surface area contributed by atoms with Gasteiger partial charge < -0.3 is 19.5 Å². The maximum atomic E-state index is 14.1. The first-order valence-electron chi connectivity index (χ1n) is 11.0. The number of halogens is 1. The van der Waals surface area contributed by atoms with Gasteiger partial charge in [0.25, 0.3) is 11.7 Å². The van der Waals surface area contributed by atoms with Crippen LogP contribution in [0.25, 0.3) is 5.76 Å². The number of ketones is 1. The van der Waals surface area contributed by atoms with E-state index in [1.807, 2.05) is 0 Å². The van der Waals surface area contributed by atoms with Crippen molar-refractivity contribution in [2.45, 2.75) is 12.5 Å². The number of rotatable bonds is 7. The fraction of sp³-hybridized carbons (Fsp3) is 0.360. The van der Waals surface area contributed by atoms with E-state index < -0.39 is 23.5 Å². The molecule has 33 heavy (non-hydrogen) atoms. The SMILES string of the molecule is COc1ccc(/C(O)=C2\C(=O)C(=O)N(CCCN3CCOCC3)[C@@H]2c2cccc(F)c2)cc1. The number of morpholine rings is 1. The molecule has 0 radical (unpaired) electrons. The second-order valence-corrected chi connectivity index (χ2v) is 8.08. The van der Waals surface area contributed by atoms with Crippen LogP contribution in [0.1, 0.15) is 23.6 Å². The number of hydrogen-bond donors (Lipinski definition) is 1. The molecule has 0 aliphatic carbocycles. The van der Waals surface area contributed by atoms with Crippen molar-refractivity contribution in [1.29, 1.82) is 0 Å². The van der Waals surface area contributed by atoms with Crippen molar-refractivity contribution in [1.82, 2.24) is 9.80 Å². The van der Waals surface area contributed by atoms with Gasteiger partial charge in [-0.2, -0.15) is 0 Å². The molecule has 2 fully saturated rings. The third-order valence-corrected chi connectivity index (χ3v) is 6.04. The Morgan fingerprint density at radius 1 is 1.12 bits per heavy atom. The summed E-state index contributed by atoms with van der Waals surface area (Å²) in [5, 5.41) is 11.0. The Labute approximate surface area is 192 Å². The molecule has 2 aromatic carbocycles. The van der Waals surface area contributed by atoms with Crippen LogP contribution in [-0.4, -0.2) is 73.1 Å². The van der Waals surface area contributed by atoms with Gasteiger partial charge in [0.2, 0.25) is 0 Å². The molecule has 0 bridgehead atoms. The molecule has 1 N–H and O–H groups in total. The lowest BCUT2D eigenvalue weighted by molar-refractivity contribution is -0.140. The molecule has 0 aromatic heterocycles. The molecule has 2 heterocycles. The summed E-state index contributed by atoms with van der Waals surface area (Å²) in [5.74, 6) is -1.64. The third kappa shape index (κ3) is 4.91. The Hall–Kier alpha value is -3.23. The normalized spacial score (nSPS) is 20.9. The summed E-state index contributed by atoms with van der Waals surface area (Å²) in [6.45, 7) is 4.06. The average molecular weight is 454 g/mol. The molecule has 2 saturated heterocycles. The molecule has 4 rings (SSSR count). The summed E-state index contributed by atoms with van der Waals surface area (Å²) in [6.07, 6.45) is 0.640. The van der Waals surface area contributed by atoms with E-state index >= 15 is 0 Å². The number of aliphatic hydroxyl groups is 1. The van der Waals surface area contributed by atoms with Crippen LogP contribution in [0.15, 0.2) is 54.1 Å². The fourth-order valence-electron chi connectivity index (χ4n) is 4.33. The van der Waals surface area contributed by atoms with Crippen LogP contribution >= 0.6 is 0 Å². The van der Waals surface area contributed by atoms with Gasteiger partial charge in [-0.05, 0) is 48.4 Å². The summed E-state index contributed by atoms with van der Waals surface area (Å²) < 4.78 is 24.6. The second-order valence-electron chi connectivity index (χ2n) is 8.08.